The maximum atomic E-state index is 11.1. The van der Waals surface area contributed by atoms with Gasteiger partial charge in [-0.2, -0.15) is 0 Å². The Bertz CT molecular complexity index is 510. The lowest BCUT2D eigenvalue weighted by atomic mass is 10.1. The Labute approximate surface area is 125 Å². The second kappa shape index (κ2) is 6.02. The number of nitro benzene ring substituents is 1. The number of nitrogens with one attached hydrogen (secondary N) is 1. The van der Waals surface area contributed by atoms with Crippen molar-refractivity contribution in [2.45, 2.75) is 32.2 Å². The van der Waals surface area contributed by atoms with Gasteiger partial charge in [-0.1, -0.05) is 12.1 Å². The first kappa shape index (κ1) is 14.3. The molecule has 0 amide bonds. The fourth-order valence-corrected chi connectivity index (χ4v) is 2.93. The third kappa shape index (κ3) is 3.73. The number of nitrogens with zero attached hydrogens (tertiary/aromatic N) is 2. The van der Waals surface area contributed by atoms with Crippen LogP contribution in [0.4, 0.5) is 11.4 Å². The summed E-state index contributed by atoms with van der Waals surface area (Å²) >= 11 is 0. The van der Waals surface area contributed by atoms with Gasteiger partial charge in [0.05, 0.1) is 4.92 Å². The summed E-state index contributed by atoms with van der Waals surface area (Å²) in [6.45, 7) is 3.09. The number of para-hydroxylation sites is 1. The van der Waals surface area contributed by atoms with Crippen LogP contribution in [0.1, 0.15) is 31.2 Å². The minimum absolute atomic E-state index is 0.174. The minimum atomic E-state index is -0.304. The molecule has 2 aliphatic carbocycles. The average Bonchev–Trinajstić information content (AvgIpc) is 3.34. The van der Waals surface area contributed by atoms with E-state index < -0.39 is 0 Å². The zero-order valence-electron chi connectivity index (χ0n) is 12.5. The van der Waals surface area contributed by atoms with Gasteiger partial charge in [0, 0.05) is 32.7 Å². The highest BCUT2D eigenvalue weighted by Crippen LogP contribution is 2.35. The van der Waals surface area contributed by atoms with Gasteiger partial charge in [0.1, 0.15) is 5.69 Å². The van der Waals surface area contributed by atoms with E-state index in [1.807, 2.05) is 6.07 Å². The molecule has 114 valence electrons. The Kier molecular flexibility index (Phi) is 4.10. The predicted octanol–water partition coefficient (Wildman–Crippen LogP) is 3.26. The highest BCUT2D eigenvalue weighted by Gasteiger charge is 2.30. The Morgan fingerprint density at radius 2 is 1.86 bits per heavy atom. The van der Waals surface area contributed by atoms with E-state index in [0.717, 1.165) is 37.0 Å². The molecule has 2 fully saturated rings. The summed E-state index contributed by atoms with van der Waals surface area (Å²) in [6, 6.07) is 5.37. The molecular formula is C16H23N3O2. The van der Waals surface area contributed by atoms with Crippen LogP contribution in [0.2, 0.25) is 0 Å². The summed E-state index contributed by atoms with van der Waals surface area (Å²) in [5, 5.41) is 14.2. The van der Waals surface area contributed by atoms with Gasteiger partial charge in [-0.15, -0.1) is 0 Å². The standard InChI is InChI=1S/C16H23N3O2/c1-17-16-14(3-2-4-15(16)19(20)21)11-18(9-12-5-6-12)10-13-7-8-13/h2-4,12-13,17H,5-11H2,1H3. The van der Waals surface area contributed by atoms with Gasteiger partial charge in [0.25, 0.3) is 5.69 Å². The summed E-state index contributed by atoms with van der Waals surface area (Å²) in [5.74, 6) is 1.70. The molecule has 0 bridgehead atoms. The monoisotopic (exact) mass is 289 g/mol. The first-order valence-corrected chi connectivity index (χ1v) is 7.83. The molecule has 1 aromatic rings. The predicted molar refractivity (Wildman–Crippen MR) is 83.4 cm³/mol. The summed E-state index contributed by atoms with van der Waals surface area (Å²) in [7, 11) is 1.76. The Morgan fingerprint density at radius 1 is 1.24 bits per heavy atom. The number of rotatable bonds is 8. The third-order valence-electron chi connectivity index (χ3n) is 4.40. The summed E-state index contributed by atoms with van der Waals surface area (Å²) in [4.78, 5) is 13.3. The molecule has 0 heterocycles. The zero-order valence-corrected chi connectivity index (χ0v) is 12.5. The number of nitro groups is 1. The maximum Gasteiger partial charge on any atom is 0.292 e. The fraction of sp³-hybridized carbons (Fsp3) is 0.625. The molecule has 5 heteroatoms. The van der Waals surface area contributed by atoms with Crippen LogP contribution in [-0.2, 0) is 6.54 Å². The van der Waals surface area contributed by atoms with Gasteiger partial charge in [-0.05, 0) is 43.1 Å². The number of hydrogen-bond donors (Lipinski definition) is 1. The normalized spacial score (nSPS) is 18.0. The summed E-state index contributed by atoms with van der Waals surface area (Å²) in [5.41, 5.74) is 1.87. The van der Waals surface area contributed by atoms with Crippen molar-refractivity contribution in [3.8, 4) is 0 Å². The van der Waals surface area contributed by atoms with Crippen LogP contribution in [0, 0.1) is 22.0 Å². The average molecular weight is 289 g/mol. The van der Waals surface area contributed by atoms with E-state index in [0.29, 0.717) is 5.69 Å². The summed E-state index contributed by atoms with van der Waals surface area (Å²) < 4.78 is 0. The van der Waals surface area contributed by atoms with Crippen LogP contribution in [0.25, 0.3) is 0 Å². The quantitative estimate of drug-likeness (QED) is 0.589. The van der Waals surface area contributed by atoms with Crippen molar-refractivity contribution >= 4 is 11.4 Å². The fourth-order valence-electron chi connectivity index (χ4n) is 2.93. The van der Waals surface area contributed by atoms with Gasteiger partial charge in [0.2, 0.25) is 0 Å². The van der Waals surface area contributed by atoms with Crippen LogP contribution in [0.5, 0.6) is 0 Å². The van der Waals surface area contributed by atoms with Crippen LogP contribution in [-0.4, -0.2) is 30.0 Å². The molecule has 0 spiro atoms. The van der Waals surface area contributed by atoms with E-state index in [2.05, 4.69) is 10.2 Å². The van der Waals surface area contributed by atoms with Gasteiger partial charge in [0.15, 0.2) is 0 Å². The molecule has 2 saturated carbocycles. The molecule has 1 aromatic carbocycles. The lowest BCUT2D eigenvalue weighted by Gasteiger charge is -2.23. The van der Waals surface area contributed by atoms with Crippen molar-refractivity contribution in [1.82, 2.24) is 4.90 Å². The zero-order chi connectivity index (χ0) is 14.8. The minimum Gasteiger partial charge on any atom is -0.382 e. The first-order chi connectivity index (χ1) is 10.2. The van der Waals surface area contributed by atoms with Gasteiger partial charge in [-0.3, -0.25) is 15.0 Å². The van der Waals surface area contributed by atoms with Crippen LogP contribution in [0.3, 0.4) is 0 Å². The number of hydrogen-bond acceptors (Lipinski definition) is 4. The molecule has 0 radical (unpaired) electrons. The van der Waals surface area contributed by atoms with Gasteiger partial charge >= 0.3 is 0 Å². The highest BCUT2D eigenvalue weighted by molar-refractivity contribution is 5.66. The largest absolute Gasteiger partial charge is 0.382 e. The molecule has 0 unspecified atom stereocenters. The Morgan fingerprint density at radius 3 is 2.33 bits per heavy atom. The van der Waals surface area contributed by atoms with E-state index in [1.54, 1.807) is 19.2 Å². The second-order valence-corrected chi connectivity index (χ2v) is 6.40. The van der Waals surface area contributed by atoms with Crippen LogP contribution < -0.4 is 5.32 Å². The molecule has 0 aliphatic heterocycles. The van der Waals surface area contributed by atoms with E-state index in [1.165, 1.54) is 25.7 Å². The molecule has 3 rings (SSSR count). The lowest BCUT2D eigenvalue weighted by molar-refractivity contribution is -0.384. The smallest absolute Gasteiger partial charge is 0.292 e. The maximum absolute atomic E-state index is 11.1. The second-order valence-electron chi connectivity index (χ2n) is 6.40. The molecule has 21 heavy (non-hydrogen) atoms. The van der Waals surface area contributed by atoms with Crippen molar-refractivity contribution in [2.75, 3.05) is 25.5 Å². The Balaban J connectivity index is 1.76. The molecule has 2 aliphatic rings. The van der Waals surface area contributed by atoms with E-state index in [-0.39, 0.29) is 10.6 Å². The third-order valence-corrected chi connectivity index (χ3v) is 4.40. The number of benzene rings is 1. The first-order valence-electron chi connectivity index (χ1n) is 7.83. The van der Waals surface area contributed by atoms with Gasteiger partial charge < -0.3 is 5.32 Å². The molecule has 0 atom stereocenters. The van der Waals surface area contributed by atoms with Gasteiger partial charge in [-0.25, -0.2) is 0 Å². The topological polar surface area (TPSA) is 58.4 Å². The molecular weight excluding hydrogens is 266 g/mol. The van der Waals surface area contributed by atoms with E-state index >= 15 is 0 Å². The SMILES string of the molecule is CNc1c(CN(CC2CC2)CC2CC2)cccc1[N+](=O)[O-]. The lowest BCUT2D eigenvalue weighted by Crippen LogP contribution is -2.28. The van der Waals surface area contributed by atoms with Crippen molar-refractivity contribution in [3.05, 3.63) is 33.9 Å². The molecule has 0 saturated heterocycles. The van der Waals surface area contributed by atoms with Crippen LogP contribution >= 0.6 is 0 Å². The van der Waals surface area contributed by atoms with E-state index in [4.69, 9.17) is 0 Å². The molecule has 0 aromatic heterocycles. The van der Waals surface area contributed by atoms with E-state index in [9.17, 15) is 10.1 Å². The Hall–Kier alpha value is -1.62. The van der Waals surface area contributed by atoms with Crippen molar-refractivity contribution in [1.29, 1.82) is 0 Å². The molecule has 5 nitrogen and oxygen atoms in total. The van der Waals surface area contributed by atoms with Crippen LogP contribution in [0.15, 0.2) is 18.2 Å². The highest BCUT2D eigenvalue weighted by atomic mass is 16.6. The van der Waals surface area contributed by atoms with Crippen molar-refractivity contribution in [2.24, 2.45) is 11.8 Å². The number of anilines is 1. The molecule has 1 N–H and O–H groups in total. The van der Waals surface area contributed by atoms with Crippen molar-refractivity contribution < 1.29 is 4.92 Å². The summed E-state index contributed by atoms with van der Waals surface area (Å²) in [6.07, 6.45) is 5.37. The van der Waals surface area contributed by atoms with Crippen molar-refractivity contribution in [3.63, 3.8) is 0 Å².